The largest absolute Gasteiger partial charge is 0.356 e. The molecule has 110 valence electrons. The number of amides is 1. The molecule has 0 bridgehead atoms. The van der Waals surface area contributed by atoms with Gasteiger partial charge in [-0.3, -0.25) is 4.79 Å². The molecule has 1 heterocycles. The SMILES string of the molecule is CNCc1ccc(N2CCN(C)C(=O)C2(C)C)cc1Br. The highest BCUT2D eigenvalue weighted by molar-refractivity contribution is 9.10. The average molecular weight is 340 g/mol. The maximum atomic E-state index is 12.3. The van der Waals surface area contributed by atoms with Crippen molar-refractivity contribution in [3.8, 4) is 0 Å². The highest BCUT2D eigenvalue weighted by atomic mass is 79.9. The molecule has 0 spiro atoms. The Kier molecular flexibility index (Phi) is 4.39. The summed E-state index contributed by atoms with van der Waals surface area (Å²) in [5.74, 6) is 0.166. The summed E-state index contributed by atoms with van der Waals surface area (Å²) in [6.45, 7) is 6.41. The molecule has 1 amide bonds. The molecule has 0 saturated carbocycles. The quantitative estimate of drug-likeness (QED) is 0.917. The van der Waals surface area contributed by atoms with Crippen LogP contribution >= 0.6 is 15.9 Å². The molecule has 1 saturated heterocycles. The molecule has 0 atom stereocenters. The standard InChI is InChI=1S/C15H22BrN3O/c1-15(2)14(20)18(4)7-8-19(15)12-6-5-11(10-17-3)13(16)9-12/h5-6,9,17H,7-8,10H2,1-4H3. The summed E-state index contributed by atoms with van der Waals surface area (Å²) in [5, 5.41) is 3.15. The minimum atomic E-state index is -0.503. The molecule has 1 aromatic rings. The van der Waals surface area contributed by atoms with Crippen molar-refractivity contribution < 1.29 is 4.79 Å². The number of nitrogens with one attached hydrogen (secondary N) is 1. The normalized spacial score (nSPS) is 18.6. The molecule has 1 aliphatic rings. The highest BCUT2D eigenvalue weighted by Crippen LogP contribution is 2.31. The van der Waals surface area contributed by atoms with Crippen LogP contribution in [0.3, 0.4) is 0 Å². The number of anilines is 1. The number of benzene rings is 1. The molecule has 1 fully saturated rings. The second-order valence-corrected chi connectivity index (χ2v) is 6.60. The summed E-state index contributed by atoms with van der Waals surface area (Å²) in [7, 11) is 3.80. The van der Waals surface area contributed by atoms with Gasteiger partial charge in [-0.25, -0.2) is 0 Å². The first-order chi connectivity index (χ1) is 9.37. The Morgan fingerprint density at radius 3 is 2.65 bits per heavy atom. The summed E-state index contributed by atoms with van der Waals surface area (Å²) in [6, 6.07) is 6.31. The van der Waals surface area contributed by atoms with E-state index in [0.29, 0.717) is 0 Å². The van der Waals surface area contributed by atoms with Gasteiger partial charge in [0.15, 0.2) is 0 Å². The second-order valence-electron chi connectivity index (χ2n) is 5.74. The van der Waals surface area contributed by atoms with Gasteiger partial charge in [0, 0.05) is 36.8 Å². The Hall–Kier alpha value is -1.07. The summed E-state index contributed by atoms with van der Waals surface area (Å²) in [5.41, 5.74) is 1.80. The van der Waals surface area contributed by atoms with E-state index in [1.54, 1.807) is 4.90 Å². The van der Waals surface area contributed by atoms with Crippen LogP contribution in [0.1, 0.15) is 19.4 Å². The molecule has 0 aromatic heterocycles. The van der Waals surface area contributed by atoms with Gasteiger partial charge in [-0.15, -0.1) is 0 Å². The van der Waals surface area contributed by atoms with E-state index in [4.69, 9.17) is 0 Å². The summed E-state index contributed by atoms with van der Waals surface area (Å²) in [6.07, 6.45) is 0. The summed E-state index contributed by atoms with van der Waals surface area (Å²) in [4.78, 5) is 16.3. The number of piperazine rings is 1. The Balaban J connectivity index is 2.31. The molecule has 1 aromatic carbocycles. The first-order valence-corrected chi connectivity index (χ1v) is 7.63. The van der Waals surface area contributed by atoms with Crippen molar-refractivity contribution >= 4 is 27.5 Å². The molecule has 5 heteroatoms. The summed E-state index contributed by atoms with van der Waals surface area (Å²) < 4.78 is 1.08. The van der Waals surface area contributed by atoms with Crippen LogP contribution in [0.4, 0.5) is 5.69 Å². The number of carbonyl (C=O) groups is 1. The van der Waals surface area contributed by atoms with E-state index in [-0.39, 0.29) is 5.91 Å². The van der Waals surface area contributed by atoms with Crippen molar-refractivity contribution in [2.24, 2.45) is 0 Å². The third-order valence-electron chi connectivity index (χ3n) is 3.92. The van der Waals surface area contributed by atoms with Gasteiger partial charge in [0.1, 0.15) is 5.54 Å². The van der Waals surface area contributed by atoms with Crippen LogP contribution in [-0.4, -0.2) is 43.5 Å². The fourth-order valence-electron chi connectivity index (χ4n) is 2.70. The van der Waals surface area contributed by atoms with Gasteiger partial charge >= 0.3 is 0 Å². The Morgan fingerprint density at radius 2 is 2.05 bits per heavy atom. The molecule has 0 aliphatic carbocycles. The zero-order chi connectivity index (χ0) is 14.9. The lowest BCUT2D eigenvalue weighted by atomic mass is 9.96. The number of likely N-dealkylation sites (N-methyl/N-ethyl adjacent to an activating group) is 1. The average Bonchev–Trinajstić information content (AvgIpc) is 2.39. The molecule has 4 nitrogen and oxygen atoms in total. The van der Waals surface area contributed by atoms with Gasteiger partial charge in [0.25, 0.3) is 0 Å². The lowest BCUT2D eigenvalue weighted by molar-refractivity contribution is -0.136. The smallest absolute Gasteiger partial charge is 0.247 e. The van der Waals surface area contributed by atoms with Crippen molar-refractivity contribution in [1.29, 1.82) is 0 Å². The van der Waals surface area contributed by atoms with E-state index in [1.807, 2.05) is 27.9 Å². The lowest BCUT2D eigenvalue weighted by Gasteiger charge is -2.46. The van der Waals surface area contributed by atoms with Gasteiger partial charge < -0.3 is 15.1 Å². The minimum Gasteiger partial charge on any atom is -0.356 e. The molecular formula is C15H22BrN3O. The monoisotopic (exact) mass is 339 g/mol. The van der Waals surface area contributed by atoms with Crippen molar-refractivity contribution in [1.82, 2.24) is 10.2 Å². The van der Waals surface area contributed by atoms with E-state index in [2.05, 4.69) is 44.3 Å². The molecule has 1 aliphatic heterocycles. The van der Waals surface area contributed by atoms with Gasteiger partial charge in [-0.1, -0.05) is 22.0 Å². The summed E-state index contributed by atoms with van der Waals surface area (Å²) >= 11 is 3.62. The fourth-order valence-corrected chi connectivity index (χ4v) is 3.21. The minimum absolute atomic E-state index is 0.166. The van der Waals surface area contributed by atoms with Crippen LogP contribution in [0.2, 0.25) is 0 Å². The fraction of sp³-hybridized carbons (Fsp3) is 0.533. The number of rotatable bonds is 3. The van der Waals surface area contributed by atoms with Crippen molar-refractivity contribution in [2.75, 3.05) is 32.1 Å². The number of halogens is 1. The van der Waals surface area contributed by atoms with E-state index in [1.165, 1.54) is 5.56 Å². The third kappa shape index (κ3) is 2.69. The lowest BCUT2D eigenvalue weighted by Crippen LogP contribution is -2.62. The van der Waals surface area contributed by atoms with E-state index >= 15 is 0 Å². The zero-order valence-electron chi connectivity index (χ0n) is 12.5. The number of nitrogens with zero attached hydrogens (tertiary/aromatic N) is 2. The van der Waals surface area contributed by atoms with E-state index < -0.39 is 5.54 Å². The predicted molar refractivity (Wildman–Crippen MR) is 86.0 cm³/mol. The van der Waals surface area contributed by atoms with Gasteiger partial charge in [-0.05, 0) is 38.6 Å². The van der Waals surface area contributed by atoms with Crippen LogP contribution in [0.25, 0.3) is 0 Å². The van der Waals surface area contributed by atoms with Crippen LogP contribution in [0, 0.1) is 0 Å². The van der Waals surface area contributed by atoms with Crippen LogP contribution in [0.15, 0.2) is 22.7 Å². The maximum absolute atomic E-state index is 12.3. The third-order valence-corrected chi connectivity index (χ3v) is 4.66. The first kappa shape index (κ1) is 15.3. The van der Waals surface area contributed by atoms with Crippen molar-refractivity contribution in [3.05, 3.63) is 28.2 Å². The van der Waals surface area contributed by atoms with E-state index in [9.17, 15) is 4.79 Å². The molecule has 20 heavy (non-hydrogen) atoms. The van der Waals surface area contributed by atoms with E-state index in [0.717, 1.165) is 29.8 Å². The first-order valence-electron chi connectivity index (χ1n) is 6.84. The second kappa shape index (κ2) is 5.74. The van der Waals surface area contributed by atoms with Crippen LogP contribution < -0.4 is 10.2 Å². The number of hydrogen-bond donors (Lipinski definition) is 1. The molecular weight excluding hydrogens is 318 g/mol. The molecule has 0 radical (unpaired) electrons. The van der Waals surface area contributed by atoms with Crippen molar-refractivity contribution in [2.45, 2.75) is 25.9 Å². The Morgan fingerprint density at radius 1 is 1.35 bits per heavy atom. The van der Waals surface area contributed by atoms with Crippen LogP contribution in [0.5, 0.6) is 0 Å². The Bertz CT molecular complexity index is 516. The van der Waals surface area contributed by atoms with Crippen LogP contribution in [-0.2, 0) is 11.3 Å². The van der Waals surface area contributed by atoms with Gasteiger partial charge in [-0.2, -0.15) is 0 Å². The highest BCUT2D eigenvalue weighted by Gasteiger charge is 2.40. The topological polar surface area (TPSA) is 35.6 Å². The zero-order valence-corrected chi connectivity index (χ0v) is 14.1. The van der Waals surface area contributed by atoms with Crippen molar-refractivity contribution in [3.63, 3.8) is 0 Å². The maximum Gasteiger partial charge on any atom is 0.247 e. The predicted octanol–water partition coefficient (Wildman–Crippen LogP) is 2.23. The molecule has 0 unspecified atom stereocenters. The number of hydrogen-bond acceptors (Lipinski definition) is 3. The van der Waals surface area contributed by atoms with Gasteiger partial charge in [0.2, 0.25) is 5.91 Å². The molecule has 2 rings (SSSR count). The Labute approximate surface area is 129 Å². The molecule has 1 N–H and O–H groups in total. The van der Waals surface area contributed by atoms with Gasteiger partial charge in [0.05, 0.1) is 0 Å². The number of carbonyl (C=O) groups excluding carboxylic acids is 1.